The van der Waals surface area contributed by atoms with Crippen molar-refractivity contribution in [2.24, 2.45) is 0 Å². The number of aromatic nitrogens is 1. The van der Waals surface area contributed by atoms with Gasteiger partial charge in [-0.3, -0.25) is 9.78 Å². The van der Waals surface area contributed by atoms with E-state index >= 15 is 0 Å². The molecule has 110 valence electrons. The molecule has 5 nitrogen and oxygen atoms in total. The molecule has 0 saturated carbocycles. The first-order valence-electron chi connectivity index (χ1n) is 6.86. The number of rotatable bonds is 6. The number of pyridine rings is 1. The number of nitrogens with one attached hydrogen (secondary N) is 2. The maximum absolute atomic E-state index is 11.7. The first-order chi connectivity index (χ1) is 10.2. The summed E-state index contributed by atoms with van der Waals surface area (Å²) in [5.74, 6) is -0.183. The fourth-order valence-corrected chi connectivity index (χ4v) is 1.97. The quantitative estimate of drug-likeness (QED) is 0.758. The van der Waals surface area contributed by atoms with Crippen molar-refractivity contribution in [1.29, 1.82) is 0 Å². The van der Waals surface area contributed by atoms with E-state index in [9.17, 15) is 4.79 Å². The van der Waals surface area contributed by atoms with E-state index in [1.54, 1.807) is 24.5 Å². The maximum Gasteiger partial charge on any atom is 0.251 e. The number of anilines is 1. The highest BCUT2D eigenvalue weighted by Gasteiger charge is 2.07. The van der Waals surface area contributed by atoms with Gasteiger partial charge in [0.25, 0.3) is 5.91 Å². The molecule has 3 N–H and O–H groups in total. The molecule has 2 aromatic rings. The molecule has 0 aliphatic heterocycles. The minimum absolute atomic E-state index is 0.0607. The zero-order chi connectivity index (χ0) is 15.1. The lowest BCUT2D eigenvalue weighted by Gasteiger charge is -2.15. The van der Waals surface area contributed by atoms with Crippen LogP contribution in [0.3, 0.4) is 0 Å². The summed E-state index contributed by atoms with van der Waals surface area (Å²) in [6.45, 7) is 2.27. The molecule has 1 atom stereocenters. The number of carbonyl (C=O) groups excluding carboxylic acids is 1. The lowest BCUT2D eigenvalue weighted by atomic mass is 10.1. The van der Waals surface area contributed by atoms with Crippen molar-refractivity contribution < 1.29 is 9.90 Å². The number of carbonyl (C=O) groups is 1. The normalized spacial score (nSPS) is 11.7. The summed E-state index contributed by atoms with van der Waals surface area (Å²) in [6.07, 6.45) is 3.53. The van der Waals surface area contributed by atoms with Gasteiger partial charge in [0.1, 0.15) is 0 Å². The Hall–Kier alpha value is -2.40. The Kier molecular flexibility index (Phi) is 5.29. The van der Waals surface area contributed by atoms with Crippen molar-refractivity contribution in [3.8, 4) is 0 Å². The van der Waals surface area contributed by atoms with Crippen molar-refractivity contribution in [3.05, 3.63) is 59.9 Å². The van der Waals surface area contributed by atoms with Crippen LogP contribution in [0.2, 0.25) is 0 Å². The summed E-state index contributed by atoms with van der Waals surface area (Å²) < 4.78 is 0. The monoisotopic (exact) mass is 285 g/mol. The van der Waals surface area contributed by atoms with Crippen molar-refractivity contribution in [1.82, 2.24) is 10.3 Å². The van der Waals surface area contributed by atoms with Crippen LogP contribution in [0.5, 0.6) is 0 Å². The first kappa shape index (κ1) is 15.0. The van der Waals surface area contributed by atoms with Gasteiger partial charge in [0.05, 0.1) is 6.61 Å². The SMILES string of the molecule is CC(Nc1ccc(C(=O)NCCO)cc1)c1ccncc1. The number of aliphatic hydroxyl groups excluding tert-OH is 1. The number of hydrogen-bond donors (Lipinski definition) is 3. The number of aliphatic hydroxyl groups is 1. The summed E-state index contributed by atoms with van der Waals surface area (Å²) >= 11 is 0. The Balaban J connectivity index is 1.98. The van der Waals surface area contributed by atoms with Crippen molar-refractivity contribution in [3.63, 3.8) is 0 Å². The highest BCUT2D eigenvalue weighted by Crippen LogP contribution is 2.18. The lowest BCUT2D eigenvalue weighted by molar-refractivity contribution is 0.0945. The minimum atomic E-state index is -0.183. The van der Waals surface area contributed by atoms with Gasteiger partial charge in [-0.2, -0.15) is 0 Å². The maximum atomic E-state index is 11.7. The van der Waals surface area contributed by atoms with Crippen LogP contribution < -0.4 is 10.6 Å². The Morgan fingerprint density at radius 1 is 1.19 bits per heavy atom. The molecule has 0 radical (unpaired) electrons. The molecule has 1 aromatic carbocycles. The van der Waals surface area contributed by atoms with E-state index in [1.165, 1.54) is 0 Å². The van der Waals surface area contributed by atoms with Crippen LogP contribution in [0, 0.1) is 0 Å². The van der Waals surface area contributed by atoms with Gasteiger partial charge in [-0.25, -0.2) is 0 Å². The zero-order valence-electron chi connectivity index (χ0n) is 11.9. The Morgan fingerprint density at radius 2 is 1.86 bits per heavy atom. The second-order valence-electron chi connectivity index (χ2n) is 4.70. The Labute approximate surface area is 124 Å². The van der Waals surface area contributed by atoms with Crippen LogP contribution in [0.4, 0.5) is 5.69 Å². The molecule has 1 amide bonds. The fourth-order valence-electron chi connectivity index (χ4n) is 1.97. The molecule has 0 spiro atoms. The molecule has 1 heterocycles. The van der Waals surface area contributed by atoms with Crippen LogP contribution >= 0.6 is 0 Å². The third-order valence-corrected chi connectivity index (χ3v) is 3.13. The number of benzene rings is 1. The van der Waals surface area contributed by atoms with E-state index in [-0.39, 0.29) is 25.1 Å². The third-order valence-electron chi connectivity index (χ3n) is 3.13. The predicted molar refractivity (Wildman–Crippen MR) is 82.1 cm³/mol. The summed E-state index contributed by atoms with van der Waals surface area (Å²) in [6, 6.07) is 11.3. The van der Waals surface area contributed by atoms with Crippen LogP contribution in [0.1, 0.15) is 28.9 Å². The molecule has 0 aliphatic rings. The first-order valence-corrected chi connectivity index (χ1v) is 6.86. The molecule has 0 bridgehead atoms. The van der Waals surface area contributed by atoms with E-state index in [0.717, 1.165) is 11.3 Å². The summed E-state index contributed by atoms with van der Waals surface area (Å²) in [5, 5.41) is 14.7. The molecule has 0 saturated heterocycles. The second-order valence-corrected chi connectivity index (χ2v) is 4.70. The van der Waals surface area contributed by atoms with Gasteiger partial charge < -0.3 is 15.7 Å². The van der Waals surface area contributed by atoms with Crippen molar-refractivity contribution >= 4 is 11.6 Å². The van der Waals surface area contributed by atoms with Crippen LogP contribution in [-0.4, -0.2) is 29.1 Å². The average Bonchev–Trinajstić information content (AvgIpc) is 2.54. The van der Waals surface area contributed by atoms with Crippen LogP contribution in [-0.2, 0) is 0 Å². The molecule has 0 fully saturated rings. The number of nitrogens with zero attached hydrogens (tertiary/aromatic N) is 1. The van der Waals surface area contributed by atoms with Gasteiger partial charge >= 0.3 is 0 Å². The Bertz CT molecular complexity index is 570. The van der Waals surface area contributed by atoms with E-state index in [0.29, 0.717) is 5.56 Å². The highest BCUT2D eigenvalue weighted by atomic mass is 16.3. The van der Waals surface area contributed by atoms with Gasteiger partial charge in [0.15, 0.2) is 0 Å². The van der Waals surface area contributed by atoms with Gasteiger partial charge in [-0.05, 0) is 48.9 Å². The largest absolute Gasteiger partial charge is 0.395 e. The van der Waals surface area contributed by atoms with Crippen molar-refractivity contribution in [2.45, 2.75) is 13.0 Å². The summed E-state index contributed by atoms with van der Waals surface area (Å²) in [5.41, 5.74) is 2.67. The fraction of sp³-hybridized carbons (Fsp3) is 0.250. The molecular formula is C16H19N3O2. The van der Waals surface area contributed by atoms with E-state index in [4.69, 9.17) is 5.11 Å². The molecule has 1 unspecified atom stereocenters. The average molecular weight is 285 g/mol. The smallest absolute Gasteiger partial charge is 0.251 e. The van der Waals surface area contributed by atoms with Gasteiger partial charge in [0.2, 0.25) is 0 Å². The van der Waals surface area contributed by atoms with Crippen molar-refractivity contribution in [2.75, 3.05) is 18.5 Å². The molecule has 21 heavy (non-hydrogen) atoms. The van der Waals surface area contributed by atoms with Gasteiger partial charge in [-0.15, -0.1) is 0 Å². The topological polar surface area (TPSA) is 74.2 Å². The predicted octanol–water partition coefficient (Wildman–Crippen LogP) is 1.98. The Morgan fingerprint density at radius 3 is 2.48 bits per heavy atom. The number of amides is 1. The standard InChI is InChI=1S/C16H19N3O2/c1-12(13-6-8-17-9-7-13)19-15-4-2-14(3-5-15)16(21)18-10-11-20/h2-9,12,19-20H,10-11H2,1H3,(H,18,21). The van der Waals surface area contributed by atoms with Gasteiger partial charge in [0, 0.05) is 36.2 Å². The van der Waals surface area contributed by atoms with E-state index in [2.05, 4.69) is 22.5 Å². The lowest BCUT2D eigenvalue weighted by Crippen LogP contribution is -2.26. The summed E-state index contributed by atoms with van der Waals surface area (Å²) in [7, 11) is 0. The zero-order valence-corrected chi connectivity index (χ0v) is 11.9. The number of hydrogen-bond acceptors (Lipinski definition) is 4. The second kappa shape index (κ2) is 7.40. The van der Waals surface area contributed by atoms with E-state index < -0.39 is 0 Å². The third kappa shape index (κ3) is 4.29. The molecule has 1 aromatic heterocycles. The molecule has 2 rings (SSSR count). The van der Waals surface area contributed by atoms with Crippen LogP contribution in [0.15, 0.2) is 48.8 Å². The highest BCUT2D eigenvalue weighted by molar-refractivity contribution is 5.94. The van der Waals surface area contributed by atoms with Crippen LogP contribution in [0.25, 0.3) is 0 Å². The summed E-state index contributed by atoms with van der Waals surface area (Å²) in [4.78, 5) is 15.7. The minimum Gasteiger partial charge on any atom is -0.395 e. The van der Waals surface area contributed by atoms with Gasteiger partial charge in [-0.1, -0.05) is 0 Å². The van der Waals surface area contributed by atoms with E-state index in [1.807, 2.05) is 24.3 Å². The molecular weight excluding hydrogens is 266 g/mol. The molecule has 5 heteroatoms. The molecule has 0 aliphatic carbocycles.